The van der Waals surface area contributed by atoms with E-state index < -0.39 is 6.36 Å². The summed E-state index contributed by atoms with van der Waals surface area (Å²) in [6.45, 7) is 2.20. The lowest BCUT2D eigenvalue weighted by Gasteiger charge is -2.27. The standard InChI is InChI=1S/C14H13F3N4O3/c1-8-6-9(2-3-10(8)24-14(15,16)17)12(22)20-4-5-21-11(7-20)18-19-13(21)23/h2-3,6H,4-5,7H2,1H3,(H,19,23). The lowest BCUT2D eigenvalue weighted by Crippen LogP contribution is -2.40. The molecule has 24 heavy (non-hydrogen) atoms. The third kappa shape index (κ3) is 3.12. The molecule has 0 saturated heterocycles. The molecule has 0 radical (unpaired) electrons. The van der Waals surface area contributed by atoms with Crippen LogP contribution in [0.3, 0.4) is 0 Å². The molecule has 0 spiro atoms. The van der Waals surface area contributed by atoms with Gasteiger partial charge in [-0.25, -0.2) is 9.89 Å². The van der Waals surface area contributed by atoms with Crippen molar-refractivity contribution in [3.63, 3.8) is 0 Å². The SMILES string of the molecule is Cc1cc(C(=O)N2CCn3c(n[nH]c3=O)C2)ccc1OC(F)(F)F. The lowest BCUT2D eigenvalue weighted by molar-refractivity contribution is -0.274. The maximum atomic E-state index is 12.5. The molecular formula is C14H13F3N4O3. The Bertz CT molecular complexity index is 841. The number of alkyl halides is 3. The summed E-state index contributed by atoms with van der Waals surface area (Å²) in [5.41, 5.74) is 0.113. The molecule has 2 aromatic rings. The largest absolute Gasteiger partial charge is 0.573 e. The summed E-state index contributed by atoms with van der Waals surface area (Å²) in [4.78, 5) is 25.4. The fourth-order valence-electron chi connectivity index (χ4n) is 2.55. The van der Waals surface area contributed by atoms with Crippen molar-refractivity contribution in [2.45, 2.75) is 26.4 Å². The van der Waals surface area contributed by atoms with Gasteiger partial charge in [-0.3, -0.25) is 9.36 Å². The molecule has 1 aromatic carbocycles. The zero-order valence-electron chi connectivity index (χ0n) is 12.6. The van der Waals surface area contributed by atoms with Gasteiger partial charge in [-0.05, 0) is 30.7 Å². The molecule has 0 bridgehead atoms. The number of aryl methyl sites for hydroxylation is 1. The fraction of sp³-hybridized carbons (Fsp3) is 0.357. The van der Waals surface area contributed by atoms with Gasteiger partial charge in [0.15, 0.2) is 5.82 Å². The molecule has 0 atom stereocenters. The number of aromatic nitrogens is 3. The molecule has 0 saturated carbocycles. The van der Waals surface area contributed by atoms with Crippen LogP contribution in [0, 0.1) is 6.92 Å². The van der Waals surface area contributed by atoms with Crippen LogP contribution in [0.2, 0.25) is 0 Å². The number of amides is 1. The molecule has 7 nitrogen and oxygen atoms in total. The van der Waals surface area contributed by atoms with Crippen molar-refractivity contribution in [1.82, 2.24) is 19.7 Å². The third-order valence-electron chi connectivity index (χ3n) is 3.70. The summed E-state index contributed by atoms with van der Waals surface area (Å²) >= 11 is 0. The molecule has 2 heterocycles. The number of H-pyrrole nitrogens is 1. The van der Waals surface area contributed by atoms with Crippen molar-refractivity contribution >= 4 is 5.91 Å². The highest BCUT2D eigenvalue weighted by molar-refractivity contribution is 5.94. The van der Waals surface area contributed by atoms with E-state index in [-0.39, 0.29) is 35.0 Å². The fourth-order valence-corrected chi connectivity index (χ4v) is 2.55. The minimum Gasteiger partial charge on any atom is -0.406 e. The van der Waals surface area contributed by atoms with Gasteiger partial charge in [0, 0.05) is 18.7 Å². The molecule has 1 aliphatic rings. The Balaban J connectivity index is 1.79. The van der Waals surface area contributed by atoms with Crippen molar-refractivity contribution in [3.05, 3.63) is 45.6 Å². The predicted molar refractivity (Wildman–Crippen MR) is 75.5 cm³/mol. The number of halogens is 3. The number of rotatable bonds is 2. The van der Waals surface area contributed by atoms with Gasteiger partial charge < -0.3 is 9.64 Å². The average molecular weight is 342 g/mol. The minimum absolute atomic E-state index is 0.150. The van der Waals surface area contributed by atoms with Crippen LogP contribution in [-0.4, -0.2) is 38.5 Å². The Hall–Kier alpha value is -2.78. The van der Waals surface area contributed by atoms with Crippen molar-refractivity contribution < 1.29 is 22.7 Å². The molecular weight excluding hydrogens is 329 g/mol. The summed E-state index contributed by atoms with van der Waals surface area (Å²) in [7, 11) is 0. The van der Waals surface area contributed by atoms with Gasteiger partial charge in [0.05, 0.1) is 6.54 Å². The van der Waals surface area contributed by atoms with E-state index in [2.05, 4.69) is 14.9 Å². The Morgan fingerprint density at radius 3 is 2.75 bits per heavy atom. The number of carbonyl (C=O) groups excluding carboxylic acids is 1. The zero-order valence-corrected chi connectivity index (χ0v) is 12.6. The Kier molecular flexibility index (Phi) is 3.82. The molecule has 1 aromatic heterocycles. The number of aromatic amines is 1. The number of benzene rings is 1. The first-order valence-electron chi connectivity index (χ1n) is 7.04. The third-order valence-corrected chi connectivity index (χ3v) is 3.70. The number of nitrogens with zero attached hydrogens (tertiary/aromatic N) is 3. The summed E-state index contributed by atoms with van der Waals surface area (Å²) in [5, 5.41) is 6.15. The van der Waals surface area contributed by atoms with E-state index in [1.165, 1.54) is 28.5 Å². The summed E-state index contributed by atoms with van der Waals surface area (Å²) in [6, 6.07) is 3.74. The van der Waals surface area contributed by atoms with Gasteiger partial charge in [0.2, 0.25) is 0 Å². The molecule has 10 heteroatoms. The van der Waals surface area contributed by atoms with Crippen molar-refractivity contribution in [3.8, 4) is 5.75 Å². The monoisotopic (exact) mass is 342 g/mol. The molecule has 3 rings (SSSR count). The normalized spacial score (nSPS) is 14.4. The highest BCUT2D eigenvalue weighted by Crippen LogP contribution is 2.27. The second kappa shape index (κ2) is 5.69. The van der Waals surface area contributed by atoms with Crippen LogP contribution >= 0.6 is 0 Å². The van der Waals surface area contributed by atoms with Gasteiger partial charge in [0.25, 0.3) is 5.91 Å². The van der Waals surface area contributed by atoms with E-state index in [1.54, 1.807) is 0 Å². The van der Waals surface area contributed by atoms with E-state index in [9.17, 15) is 22.8 Å². The molecule has 1 amide bonds. The number of ether oxygens (including phenoxy) is 1. The summed E-state index contributed by atoms with van der Waals surface area (Å²) in [6.07, 6.45) is -4.78. The van der Waals surface area contributed by atoms with Gasteiger partial charge in [0.1, 0.15) is 5.75 Å². The molecule has 1 aliphatic heterocycles. The second-order valence-electron chi connectivity index (χ2n) is 5.35. The Morgan fingerprint density at radius 2 is 2.08 bits per heavy atom. The number of hydrogen-bond acceptors (Lipinski definition) is 4. The van der Waals surface area contributed by atoms with Crippen LogP contribution in [0.25, 0.3) is 0 Å². The quantitative estimate of drug-likeness (QED) is 0.895. The highest BCUT2D eigenvalue weighted by Gasteiger charge is 2.32. The van der Waals surface area contributed by atoms with E-state index in [0.29, 0.717) is 18.9 Å². The maximum Gasteiger partial charge on any atom is 0.573 e. The van der Waals surface area contributed by atoms with E-state index in [1.807, 2.05) is 0 Å². The van der Waals surface area contributed by atoms with E-state index >= 15 is 0 Å². The first-order valence-corrected chi connectivity index (χ1v) is 7.04. The Labute approximate surface area is 133 Å². The lowest BCUT2D eigenvalue weighted by atomic mass is 10.1. The molecule has 128 valence electrons. The van der Waals surface area contributed by atoms with Crippen LogP contribution < -0.4 is 10.4 Å². The van der Waals surface area contributed by atoms with Crippen LogP contribution in [-0.2, 0) is 13.1 Å². The van der Waals surface area contributed by atoms with Crippen molar-refractivity contribution in [2.75, 3.05) is 6.54 Å². The summed E-state index contributed by atoms with van der Waals surface area (Å²) in [5.74, 6) is -0.259. The van der Waals surface area contributed by atoms with E-state index in [0.717, 1.165) is 6.07 Å². The van der Waals surface area contributed by atoms with Crippen LogP contribution in [0.1, 0.15) is 21.7 Å². The zero-order chi connectivity index (χ0) is 17.5. The molecule has 0 unspecified atom stereocenters. The number of hydrogen-bond donors (Lipinski definition) is 1. The highest BCUT2D eigenvalue weighted by atomic mass is 19.4. The van der Waals surface area contributed by atoms with Gasteiger partial charge >= 0.3 is 12.1 Å². The summed E-state index contributed by atoms with van der Waals surface area (Å²) < 4.78 is 42.2. The number of fused-ring (bicyclic) bond motifs is 1. The van der Waals surface area contributed by atoms with Crippen molar-refractivity contribution in [2.24, 2.45) is 0 Å². The van der Waals surface area contributed by atoms with Gasteiger partial charge in [-0.1, -0.05) is 0 Å². The number of nitrogens with one attached hydrogen (secondary N) is 1. The first-order chi connectivity index (χ1) is 11.2. The van der Waals surface area contributed by atoms with Gasteiger partial charge in [-0.15, -0.1) is 13.2 Å². The number of carbonyl (C=O) groups is 1. The molecule has 0 fully saturated rings. The minimum atomic E-state index is -4.78. The van der Waals surface area contributed by atoms with E-state index in [4.69, 9.17) is 0 Å². The van der Waals surface area contributed by atoms with Crippen LogP contribution in [0.4, 0.5) is 13.2 Å². The molecule has 0 aliphatic carbocycles. The first kappa shape index (κ1) is 16.1. The van der Waals surface area contributed by atoms with Crippen LogP contribution in [0.5, 0.6) is 5.75 Å². The average Bonchev–Trinajstić information content (AvgIpc) is 2.88. The molecule has 1 N–H and O–H groups in total. The predicted octanol–water partition coefficient (Wildman–Crippen LogP) is 1.43. The van der Waals surface area contributed by atoms with Gasteiger partial charge in [-0.2, -0.15) is 5.10 Å². The maximum absolute atomic E-state index is 12.5. The second-order valence-corrected chi connectivity index (χ2v) is 5.35. The topological polar surface area (TPSA) is 80.2 Å². The van der Waals surface area contributed by atoms with Crippen LogP contribution in [0.15, 0.2) is 23.0 Å². The Morgan fingerprint density at radius 1 is 1.33 bits per heavy atom. The van der Waals surface area contributed by atoms with Crippen molar-refractivity contribution in [1.29, 1.82) is 0 Å². The smallest absolute Gasteiger partial charge is 0.406 e.